The van der Waals surface area contributed by atoms with Gasteiger partial charge in [-0.25, -0.2) is 0 Å². The standard InChI is InChI=1S/C15H17BrClN3O/c1-3-10-11(8-18)15(20-19-13(10)4-2)21-14-6-5-9(16)7-12(14)17/h5-7H,3-4,8,18H2,1-2H3. The molecule has 4 nitrogen and oxygen atoms in total. The molecule has 0 amide bonds. The number of hydrogen-bond donors (Lipinski definition) is 1. The number of halogens is 2. The number of benzene rings is 1. The maximum atomic E-state index is 6.17. The SMILES string of the molecule is CCc1nnc(Oc2ccc(Br)cc2Cl)c(CN)c1CC. The molecule has 0 aliphatic rings. The topological polar surface area (TPSA) is 61.0 Å². The van der Waals surface area contributed by atoms with Gasteiger partial charge in [-0.3, -0.25) is 0 Å². The Labute approximate surface area is 137 Å². The normalized spacial score (nSPS) is 10.7. The summed E-state index contributed by atoms with van der Waals surface area (Å²) in [5.41, 5.74) is 8.84. The van der Waals surface area contributed by atoms with E-state index in [9.17, 15) is 0 Å². The van der Waals surface area contributed by atoms with E-state index in [1.165, 1.54) is 0 Å². The van der Waals surface area contributed by atoms with Gasteiger partial charge >= 0.3 is 0 Å². The molecule has 0 bridgehead atoms. The van der Waals surface area contributed by atoms with Crippen LogP contribution in [0.3, 0.4) is 0 Å². The molecule has 1 aromatic carbocycles. The minimum Gasteiger partial charge on any atom is -0.436 e. The largest absolute Gasteiger partial charge is 0.436 e. The Balaban J connectivity index is 2.44. The highest BCUT2D eigenvalue weighted by Crippen LogP contribution is 2.33. The van der Waals surface area contributed by atoms with Crippen molar-refractivity contribution in [3.63, 3.8) is 0 Å². The maximum Gasteiger partial charge on any atom is 0.243 e. The summed E-state index contributed by atoms with van der Waals surface area (Å²) in [6, 6.07) is 5.42. The lowest BCUT2D eigenvalue weighted by Gasteiger charge is -2.15. The van der Waals surface area contributed by atoms with Crippen molar-refractivity contribution in [3.05, 3.63) is 44.5 Å². The van der Waals surface area contributed by atoms with Gasteiger partial charge in [-0.2, -0.15) is 5.10 Å². The van der Waals surface area contributed by atoms with Crippen LogP contribution in [0.4, 0.5) is 0 Å². The first-order chi connectivity index (χ1) is 10.1. The van der Waals surface area contributed by atoms with E-state index >= 15 is 0 Å². The molecule has 2 rings (SSSR count). The second-order valence-corrected chi connectivity index (χ2v) is 5.82. The van der Waals surface area contributed by atoms with E-state index in [1.807, 2.05) is 6.07 Å². The van der Waals surface area contributed by atoms with Crippen LogP contribution >= 0.6 is 27.5 Å². The van der Waals surface area contributed by atoms with Crippen LogP contribution < -0.4 is 10.5 Å². The fourth-order valence-electron chi connectivity index (χ4n) is 2.19. The van der Waals surface area contributed by atoms with Crippen LogP contribution in [0.15, 0.2) is 22.7 Å². The van der Waals surface area contributed by atoms with Gasteiger partial charge in [0.15, 0.2) is 0 Å². The van der Waals surface area contributed by atoms with Crippen LogP contribution in [0.25, 0.3) is 0 Å². The lowest BCUT2D eigenvalue weighted by Crippen LogP contribution is -2.10. The van der Waals surface area contributed by atoms with Crippen molar-refractivity contribution in [1.29, 1.82) is 0 Å². The predicted octanol–water partition coefficient (Wildman–Crippen LogP) is 4.27. The third kappa shape index (κ3) is 3.54. The molecular weight excluding hydrogens is 354 g/mol. The summed E-state index contributed by atoms with van der Waals surface area (Å²) in [6.07, 6.45) is 1.66. The van der Waals surface area contributed by atoms with E-state index in [0.717, 1.165) is 34.1 Å². The molecule has 0 aliphatic carbocycles. The van der Waals surface area contributed by atoms with Gasteiger partial charge in [0.25, 0.3) is 0 Å². The number of ether oxygens (including phenoxy) is 1. The lowest BCUT2D eigenvalue weighted by molar-refractivity contribution is 0.445. The molecule has 0 spiro atoms. The lowest BCUT2D eigenvalue weighted by atomic mass is 10.0. The number of aromatic nitrogens is 2. The molecule has 6 heteroatoms. The second-order valence-electron chi connectivity index (χ2n) is 4.50. The van der Waals surface area contributed by atoms with Gasteiger partial charge in [-0.1, -0.05) is 41.4 Å². The van der Waals surface area contributed by atoms with Crippen molar-refractivity contribution < 1.29 is 4.74 Å². The van der Waals surface area contributed by atoms with Crippen LogP contribution in [-0.2, 0) is 19.4 Å². The predicted molar refractivity (Wildman–Crippen MR) is 87.9 cm³/mol. The van der Waals surface area contributed by atoms with Crippen molar-refractivity contribution >= 4 is 27.5 Å². The van der Waals surface area contributed by atoms with Gasteiger partial charge in [0.1, 0.15) is 5.75 Å². The third-order valence-corrected chi connectivity index (χ3v) is 4.01. The summed E-state index contributed by atoms with van der Waals surface area (Å²) in [5.74, 6) is 0.964. The molecule has 2 N–H and O–H groups in total. The van der Waals surface area contributed by atoms with Gasteiger partial charge in [0, 0.05) is 16.6 Å². The molecule has 0 saturated carbocycles. The molecule has 1 heterocycles. The molecular formula is C15H17BrClN3O. The molecule has 0 radical (unpaired) electrons. The molecule has 112 valence electrons. The third-order valence-electron chi connectivity index (χ3n) is 3.23. The van der Waals surface area contributed by atoms with Gasteiger partial charge in [-0.15, -0.1) is 5.10 Å². The van der Waals surface area contributed by atoms with E-state index < -0.39 is 0 Å². The van der Waals surface area contributed by atoms with Gasteiger partial charge < -0.3 is 10.5 Å². The Hall–Kier alpha value is -1.17. The van der Waals surface area contributed by atoms with E-state index in [-0.39, 0.29) is 0 Å². The van der Waals surface area contributed by atoms with E-state index in [4.69, 9.17) is 22.1 Å². The Morgan fingerprint density at radius 3 is 2.52 bits per heavy atom. The number of nitrogens with two attached hydrogens (primary N) is 1. The van der Waals surface area contributed by atoms with Gasteiger partial charge in [0.05, 0.1) is 10.7 Å². The summed E-state index contributed by atoms with van der Waals surface area (Å²) in [4.78, 5) is 0. The summed E-state index contributed by atoms with van der Waals surface area (Å²) < 4.78 is 6.71. The van der Waals surface area contributed by atoms with E-state index in [1.54, 1.807) is 12.1 Å². The molecule has 0 aliphatic heterocycles. The molecule has 21 heavy (non-hydrogen) atoms. The Kier molecular flexibility index (Phi) is 5.56. The minimum atomic E-state index is 0.356. The van der Waals surface area contributed by atoms with Crippen LogP contribution in [0.1, 0.15) is 30.7 Å². The fourth-order valence-corrected chi connectivity index (χ4v) is 2.90. The number of rotatable bonds is 5. The monoisotopic (exact) mass is 369 g/mol. The first kappa shape index (κ1) is 16.2. The molecule has 0 atom stereocenters. The molecule has 0 saturated heterocycles. The molecule has 0 unspecified atom stereocenters. The molecule has 2 aromatic rings. The molecule has 1 aromatic heterocycles. The summed E-state index contributed by atoms with van der Waals surface area (Å²) in [7, 11) is 0. The van der Waals surface area contributed by atoms with Crippen LogP contribution in [0.2, 0.25) is 5.02 Å². The molecule has 0 fully saturated rings. The van der Waals surface area contributed by atoms with Gasteiger partial charge in [-0.05, 0) is 36.6 Å². The van der Waals surface area contributed by atoms with Crippen molar-refractivity contribution in [3.8, 4) is 11.6 Å². The average molecular weight is 371 g/mol. The Bertz CT molecular complexity index is 649. The zero-order valence-electron chi connectivity index (χ0n) is 12.0. The quantitative estimate of drug-likeness (QED) is 0.854. The highest BCUT2D eigenvalue weighted by Gasteiger charge is 2.16. The highest BCUT2D eigenvalue weighted by molar-refractivity contribution is 9.10. The number of aryl methyl sites for hydroxylation is 1. The van der Waals surface area contributed by atoms with Gasteiger partial charge in [0.2, 0.25) is 5.88 Å². The van der Waals surface area contributed by atoms with E-state index in [2.05, 4.69) is 40.0 Å². The second kappa shape index (κ2) is 7.20. The fraction of sp³-hybridized carbons (Fsp3) is 0.333. The summed E-state index contributed by atoms with van der Waals surface area (Å²) in [5, 5.41) is 8.91. The average Bonchev–Trinajstić information content (AvgIpc) is 2.49. The first-order valence-corrected chi connectivity index (χ1v) is 7.98. The zero-order valence-corrected chi connectivity index (χ0v) is 14.3. The summed E-state index contributed by atoms with van der Waals surface area (Å²) in [6.45, 7) is 4.48. The Morgan fingerprint density at radius 2 is 1.95 bits per heavy atom. The minimum absolute atomic E-state index is 0.356. The van der Waals surface area contributed by atoms with Crippen LogP contribution in [0.5, 0.6) is 11.6 Å². The smallest absolute Gasteiger partial charge is 0.243 e. The van der Waals surface area contributed by atoms with Crippen LogP contribution in [0, 0.1) is 0 Å². The maximum absolute atomic E-state index is 6.17. The zero-order chi connectivity index (χ0) is 15.4. The van der Waals surface area contributed by atoms with Crippen molar-refractivity contribution in [1.82, 2.24) is 10.2 Å². The van der Waals surface area contributed by atoms with E-state index in [0.29, 0.717) is 23.2 Å². The van der Waals surface area contributed by atoms with Crippen LogP contribution in [-0.4, -0.2) is 10.2 Å². The van der Waals surface area contributed by atoms with Crippen molar-refractivity contribution in [2.24, 2.45) is 5.73 Å². The van der Waals surface area contributed by atoms with Crippen molar-refractivity contribution in [2.45, 2.75) is 33.2 Å². The van der Waals surface area contributed by atoms with Crippen molar-refractivity contribution in [2.75, 3.05) is 0 Å². The summed E-state index contributed by atoms with van der Waals surface area (Å²) >= 11 is 9.54. The Morgan fingerprint density at radius 1 is 1.19 bits per heavy atom. The highest BCUT2D eigenvalue weighted by atomic mass is 79.9. The first-order valence-electron chi connectivity index (χ1n) is 6.80. The number of nitrogens with zero attached hydrogens (tertiary/aromatic N) is 2. The number of hydrogen-bond acceptors (Lipinski definition) is 4.